The molecule has 0 aliphatic heterocycles. The van der Waals surface area contributed by atoms with Crippen molar-refractivity contribution in [2.75, 3.05) is 20.0 Å². The van der Waals surface area contributed by atoms with Crippen molar-refractivity contribution in [3.8, 4) is 22.8 Å². The summed E-state index contributed by atoms with van der Waals surface area (Å²) in [7, 11) is 3.03. The third kappa shape index (κ3) is 3.92. The van der Waals surface area contributed by atoms with Gasteiger partial charge in [-0.25, -0.2) is 9.37 Å². The quantitative estimate of drug-likeness (QED) is 0.478. The Balaban J connectivity index is 1.66. The Hall–Kier alpha value is -3.94. The van der Waals surface area contributed by atoms with E-state index in [0.717, 1.165) is 11.1 Å². The molecule has 4 aromatic rings. The van der Waals surface area contributed by atoms with Gasteiger partial charge in [-0.15, -0.1) is 0 Å². The second-order valence-electron chi connectivity index (χ2n) is 7.17. The molecule has 4 rings (SSSR count). The molecule has 0 aliphatic rings. The number of nitrogens with zero attached hydrogens (tertiary/aromatic N) is 2. The van der Waals surface area contributed by atoms with Gasteiger partial charge in [0.2, 0.25) is 0 Å². The molecule has 0 unspecified atom stereocenters. The van der Waals surface area contributed by atoms with E-state index in [9.17, 15) is 9.18 Å². The summed E-state index contributed by atoms with van der Waals surface area (Å²) in [5, 5.41) is 0.409. The summed E-state index contributed by atoms with van der Waals surface area (Å²) in [5.41, 5.74) is 8.88. The fraction of sp³-hybridized carbons (Fsp3) is 0.174. The molecule has 158 valence electrons. The summed E-state index contributed by atoms with van der Waals surface area (Å²) in [6.07, 6.45) is 2.03. The molecular formula is C23H21FN4O3. The van der Waals surface area contributed by atoms with Gasteiger partial charge in [0.1, 0.15) is 11.6 Å². The number of ether oxygens (including phenoxy) is 2. The largest absolute Gasteiger partial charge is 0.493 e. The number of hydrogen-bond acceptors (Lipinski definition) is 6. The fourth-order valence-corrected chi connectivity index (χ4v) is 3.45. The first-order valence-electron chi connectivity index (χ1n) is 9.55. The third-order valence-electron chi connectivity index (χ3n) is 5.01. The van der Waals surface area contributed by atoms with Gasteiger partial charge in [-0.3, -0.25) is 9.78 Å². The zero-order valence-electron chi connectivity index (χ0n) is 17.3. The van der Waals surface area contributed by atoms with E-state index in [0.29, 0.717) is 45.9 Å². The average molecular weight is 420 g/mol. The number of nitrogen functional groups attached to an aromatic ring is 1. The molecule has 0 radical (unpaired) electrons. The minimum Gasteiger partial charge on any atom is -0.493 e. The Kier molecular flexibility index (Phi) is 5.29. The second kappa shape index (κ2) is 8.06. The van der Waals surface area contributed by atoms with Crippen molar-refractivity contribution >= 4 is 16.6 Å². The van der Waals surface area contributed by atoms with E-state index < -0.39 is 5.82 Å². The van der Waals surface area contributed by atoms with Crippen LogP contribution in [-0.4, -0.2) is 29.2 Å². The lowest BCUT2D eigenvalue weighted by atomic mass is 10.0. The van der Waals surface area contributed by atoms with E-state index in [-0.39, 0.29) is 11.2 Å². The standard InChI is InChI=1S/C23H21FN4O3/c1-12-6-14(22(25)16(24)7-12)17-5-4-13(11-26-17)8-21-27-18-10-20(31-3)19(30-2)9-15(18)23(29)28-21/h4-7,9-11H,8,25H2,1-3H3,(H,27,28,29). The number of halogens is 1. The number of aromatic nitrogens is 3. The molecule has 0 fully saturated rings. The minimum atomic E-state index is -0.467. The smallest absolute Gasteiger partial charge is 0.258 e. The van der Waals surface area contributed by atoms with Crippen LogP contribution in [0.15, 0.2) is 47.4 Å². The van der Waals surface area contributed by atoms with Crippen LogP contribution in [0, 0.1) is 12.7 Å². The van der Waals surface area contributed by atoms with Crippen LogP contribution in [0.4, 0.5) is 10.1 Å². The van der Waals surface area contributed by atoms with E-state index >= 15 is 0 Å². The van der Waals surface area contributed by atoms with E-state index in [1.165, 1.54) is 20.3 Å². The Bertz CT molecular complexity index is 1330. The van der Waals surface area contributed by atoms with E-state index in [1.807, 2.05) is 6.07 Å². The molecule has 2 aromatic heterocycles. The number of aryl methyl sites for hydroxylation is 1. The van der Waals surface area contributed by atoms with Crippen molar-refractivity contribution in [1.29, 1.82) is 0 Å². The maximum Gasteiger partial charge on any atom is 0.258 e. The van der Waals surface area contributed by atoms with Gasteiger partial charge in [-0.2, -0.15) is 0 Å². The lowest BCUT2D eigenvalue weighted by molar-refractivity contribution is 0.355. The molecule has 0 saturated carbocycles. The number of methoxy groups -OCH3 is 2. The van der Waals surface area contributed by atoms with Gasteiger partial charge in [0, 0.05) is 24.2 Å². The lowest BCUT2D eigenvalue weighted by Crippen LogP contribution is -2.12. The molecule has 3 N–H and O–H groups in total. The number of hydrogen-bond donors (Lipinski definition) is 2. The van der Waals surface area contributed by atoms with Gasteiger partial charge >= 0.3 is 0 Å². The average Bonchev–Trinajstić information content (AvgIpc) is 2.76. The van der Waals surface area contributed by atoms with E-state index in [1.54, 1.807) is 37.4 Å². The van der Waals surface area contributed by atoms with Crippen molar-refractivity contribution in [1.82, 2.24) is 15.0 Å². The Morgan fingerprint density at radius 3 is 2.52 bits per heavy atom. The van der Waals surface area contributed by atoms with Gasteiger partial charge in [-0.1, -0.05) is 6.07 Å². The molecule has 0 amide bonds. The third-order valence-corrected chi connectivity index (χ3v) is 5.01. The lowest BCUT2D eigenvalue weighted by Gasteiger charge is -2.10. The first kappa shape index (κ1) is 20.3. The Labute approximate surface area is 177 Å². The highest BCUT2D eigenvalue weighted by atomic mass is 19.1. The van der Waals surface area contributed by atoms with Crippen LogP contribution in [0.5, 0.6) is 11.5 Å². The highest BCUT2D eigenvalue weighted by Gasteiger charge is 2.13. The predicted octanol–water partition coefficient (Wildman–Crippen LogP) is 3.62. The fourth-order valence-electron chi connectivity index (χ4n) is 3.45. The summed E-state index contributed by atoms with van der Waals surface area (Å²) in [6.45, 7) is 1.80. The zero-order chi connectivity index (χ0) is 22.1. The number of nitrogens with two attached hydrogens (primary N) is 1. The molecule has 7 nitrogen and oxygen atoms in total. The van der Waals surface area contributed by atoms with Crippen LogP contribution >= 0.6 is 0 Å². The van der Waals surface area contributed by atoms with Crippen LogP contribution in [0.3, 0.4) is 0 Å². The van der Waals surface area contributed by atoms with Gasteiger partial charge < -0.3 is 20.2 Å². The SMILES string of the molecule is COc1cc2nc(Cc3ccc(-c4cc(C)cc(F)c4N)nc3)[nH]c(=O)c2cc1OC. The summed E-state index contributed by atoms with van der Waals surface area (Å²) in [4.78, 5) is 24.3. The zero-order valence-corrected chi connectivity index (χ0v) is 17.3. The maximum atomic E-state index is 13.9. The molecule has 0 aliphatic carbocycles. The number of nitrogens with one attached hydrogen (secondary N) is 1. The van der Waals surface area contributed by atoms with Gasteiger partial charge in [0.25, 0.3) is 5.56 Å². The van der Waals surface area contributed by atoms with Crippen molar-refractivity contribution in [3.05, 3.63) is 75.7 Å². The summed E-state index contributed by atoms with van der Waals surface area (Å²) < 4.78 is 24.5. The summed E-state index contributed by atoms with van der Waals surface area (Å²) >= 11 is 0. The van der Waals surface area contributed by atoms with E-state index in [2.05, 4.69) is 15.0 Å². The monoisotopic (exact) mass is 420 g/mol. The van der Waals surface area contributed by atoms with Crippen LogP contribution in [0.2, 0.25) is 0 Å². The first-order valence-corrected chi connectivity index (χ1v) is 9.55. The second-order valence-corrected chi connectivity index (χ2v) is 7.17. The first-order chi connectivity index (χ1) is 14.9. The number of H-pyrrole nitrogens is 1. The Morgan fingerprint density at radius 2 is 1.84 bits per heavy atom. The molecule has 31 heavy (non-hydrogen) atoms. The molecule has 0 spiro atoms. The predicted molar refractivity (Wildman–Crippen MR) is 117 cm³/mol. The van der Waals surface area contributed by atoms with Crippen molar-refractivity contribution in [3.63, 3.8) is 0 Å². The van der Waals surface area contributed by atoms with Crippen LogP contribution < -0.4 is 20.8 Å². The summed E-state index contributed by atoms with van der Waals surface area (Å²) in [5.74, 6) is 0.973. The molecule has 0 bridgehead atoms. The van der Waals surface area contributed by atoms with Crippen LogP contribution in [-0.2, 0) is 6.42 Å². The highest BCUT2D eigenvalue weighted by molar-refractivity contribution is 5.82. The maximum absolute atomic E-state index is 13.9. The molecule has 2 aromatic carbocycles. The van der Waals surface area contributed by atoms with Crippen molar-refractivity contribution in [2.24, 2.45) is 0 Å². The van der Waals surface area contributed by atoms with Crippen molar-refractivity contribution < 1.29 is 13.9 Å². The number of rotatable bonds is 5. The molecule has 0 saturated heterocycles. The van der Waals surface area contributed by atoms with E-state index in [4.69, 9.17) is 15.2 Å². The number of benzene rings is 2. The van der Waals surface area contributed by atoms with Crippen molar-refractivity contribution in [2.45, 2.75) is 13.3 Å². The number of fused-ring (bicyclic) bond motifs is 1. The van der Waals surface area contributed by atoms with Gasteiger partial charge in [-0.05, 0) is 42.3 Å². The Morgan fingerprint density at radius 1 is 1.10 bits per heavy atom. The minimum absolute atomic E-state index is 0.0655. The van der Waals surface area contributed by atoms with Gasteiger partial charge in [0.05, 0.1) is 36.5 Å². The van der Waals surface area contributed by atoms with Gasteiger partial charge in [0.15, 0.2) is 11.5 Å². The molecular weight excluding hydrogens is 399 g/mol. The van der Waals surface area contributed by atoms with Crippen LogP contribution in [0.1, 0.15) is 17.0 Å². The molecule has 8 heteroatoms. The number of aromatic amines is 1. The van der Waals surface area contributed by atoms with Crippen LogP contribution in [0.25, 0.3) is 22.2 Å². The molecule has 0 atom stereocenters. The summed E-state index contributed by atoms with van der Waals surface area (Å²) in [6, 6.07) is 10.1. The highest BCUT2D eigenvalue weighted by Crippen LogP contribution is 2.30. The number of anilines is 1. The number of pyridine rings is 1. The molecule has 2 heterocycles. The normalized spacial score (nSPS) is 11.0. The topological polar surface area (TPSA) is 103 Å².